The van der Waals surface area contributed by atoms with E-state index in [1.807, 2.05) is 19.9 Å². The molecule has 6 nitrogen and oxygen atoms in total. The smallest absolute Gasteiger partial charge is 0.350 e. The molecule has 0 aliphatic heterocycles. The zero-order valence-corrected chi connectivity index (χ0v) is 18.7. The molecular formula is C24H33NO5. The first kappa shape index (κ1) is 23.7. The van der Waals surface area contributed by atoms with Crippen LogP contribution in [0.25, 0.3) is 0 Å². The van der Waals surface area contributed by atoms with Gasteiger partial charge < -0.3 is 19.4 Å². The Bertz CT molecular complexity index is 838. The highest BCUT2D eigenvalue weighted by atomic mass is 16.6. The molecule has 1 aliphatic carbocycles. The van der Waals surface area contributed by atoms with Crippen LogP contribution in [-0.2, 0) is 20.8 Å². The van der Waals surface area contributed by atoms with E-state index >= 15 is 0 Å². The zero-order valence-electron chi connectivity index (χ0n) is 18.7. The van der Waals surface area contributed by atoms with Gasteiger partial charge in [-0.05, 0) is 88.3 Å². The number of nitrogens with zero attached hydrogens (tertiary/aromatic N) is 1. The maximum Gasteiger partial charge on any atom is 0.350 e. The Morgan fingerprint density at radius 1 is 1.23 bits per heavy atom. The topological polar surface area (TPSA) is 77.3 Å². The largest absolute Gasteiger partial charge is 0.486 e. The van der Waals surface area contributed by atoms with Gasteiger partial charge in [0.15, 0.2) is 6.21 Å². The molecule has 0 amide bonds. The van der Waals surface area contributed by atoms with Crippen LogP contribution in [0.4, 0.5) is 0 Å². The summed E-state index contributed by atoms with van der Waals surface area (Å²) in [7, 11) is 0. The summed E-state index contributed by atoms with van der Waals surface area (Å²) in [6.45, 7) is 12.1. The molecule has 0 spiro atoms. The molecule has 0 bridgehead atoms. The molecule has 0 saturated carbocycles. The monoisotopic (exact) mass is 415 g/mol. The van der Waals surface area contributed by atoms with Gasteiger partial charge in [0.05, 0.1) is 6.61 Å². The molecule has 0 heterocycles. The first-order valence-electron chi connectivity index (χ1n) is 10.4. The van der Waals surface area contributed by atoms with Crippen molar-refractivity contribution in [2.45, 2.75) is 60.0 Å². The first-order chi connectivity index (χ1) is 14.3. The molecule has 0 radical (unpaired) electrons. The van der Waals surface area contributed by atoms with Crippen LogP contribution in [0.5, 0.6) is 5.75 Å². The van der Waals surface area contributed by atoms with Gasteiger partial charge in [-0.25, -0.2) is 4.79 Å². The van der Waals surface area contributed by atoms with E-state index < -0.39 is 5.97 Å². The lowest BCUT2D eigenvalue weighted by molar-refractivity contribution is -0.129. The molecule has 2 rings (SSSR count). The van der Waals surface area contributed by atoms with E-state index in [2.05, 4.69) is 38.1 Å². The summed E-state index contributed by atoms with van der Waals surface area (Å²) in [5, 5.41) is 12.2. The average molecular weight is 416 g/mol. The third kappa shape index (κ3) is 7.02. The molecule has 1 atom stereocenters. The molecule has 0 aromatic heterocycles. The van der Waals surface area contributed by atoms with Gasteiger partial charge in [-0.2, -0.15) is 0 Å². The number of carbonyl (C=O) groups is 1. The van der Waals surface area contributed by atoms with Crippen LogP contribution < -0.4 is 4.74 Å². The van der Waals surface area contributed by atoms with Gasteiger partial charge in [0.25, 0.3) is 0 Å². The van der Waals surface area contributed by atoms with E-state index in [4.69, 9.17) is 19.4 Å². The molecular weight excluding hydrogens is 382 g/mol. The van der Waals surface area contributed by atoms with Gasteiger partial charge in [0.2, 0.25) is 0 Å². The minimum atomic E-state index is -1.13. The Labute approximate surface area is 179 Å². The number of aryl methyl sites for hydroxylation is 1. The summed E-state index contributed by atoms with van der Waals surface area (Å²) in [5.74, 6) is -0.294. The van der Waals surface area contributed by atoms with E-state index in [1.165, 1.54) is 27.8 Å². The number of rotatable bonds is 11. The van der Waals surface area contributed by atoms with Gasteiger partial charge in [-0.3, -0.25) is 0 Å². The number of hydrogen-bond donors (Lipinski definition) is 1. The van der Waals surface area contributed by atoms with Crippen molar-refractivity contribution in [2.24, 2.45) is 5.16 Å². The van der Waals surface area contributed by atoms with E-state index in [0.29, 0.717) is 0 Å². The number of aliphatic carboxylic acids is 1. The van der Waals surface area contributed by atoms with Crippen molar-refractivity contribution in [3.05, 3.63) is 51.6 Å². The summed E-state index contributed by atoms with van der Waals surface area (Å²) in [6.07, 6.45) is 3.13. The maximum atomic E-state index is 10.6. The van der Waals surface area contributed by atoms with Crippen LogP contribution in [0.3, 0.4) is 0 Å². The summed E-state index contributed by atoms with van der Waals surface area (Å²) in [6, 6.07) is 6.18. The zero-order chi connectivity index (χ0) is 22.1. The number of oxime groups is 1. The standard InChI is InChI=1S/C24H33NO5/c1-6-28-10-9-20-7-8-22(12-18(20)4)30-19(5)23-13-17(3)16(2)11-21(23)15-29-25-14-24(26)27/h7-8,12,14,19H,6,9-11,13,15H2,1-5H3,(H,26,27). The third-order valence-corrected chi connectivity index (χ3v) is 5.43. The second-order valence-electron chi connectivity index (χ2n) is 7.68. The highest BCUT2D eigenvalue weighted by molar-refractivity contribution is 6.21. The fourth-order valence-corrected chi connectivity index (χ4v) is 3.54. The van der Waals surface area contributed by atoms with Gasteiger partial charge in [0, 0.05) is 6.61 Å². The third-order valence-electron chi connectivity index (χ3n) is 5.43. The fourth-order valence-electron chi connectivity index (χ4n) is 3.54. The van der Waals surface area contributed by atoms with Gasteiger partial charge >= 0.3 is 5.97 Å². The SMILES string of the molecule is CCOCCc1ccc(OC(C)C2=C(CON=CC(=O)O)CC(C)=C(C)C2)cc1C. The Balaban J connectivity index is 2.10. The molecule has 1 N–H and O–H groups in total. The predicted octanol–water partition coefficient (Wildman–Crippen LogP) is 4.86. The lowest BCUT2D eigenvalue weighted by atomic mass is 9.85. The summed E-state index contributed by atoms with van der Waals surface area (Å²) < 4.78 is 11.7. The number of ether oxygens (including phenoxy) is 2. The first-order valence-corrected chi connectivity index (χ1v) is 10.4. The molecule has 1 aromatic rings. The van der Waals surface area contributed by atoms with Crippen LogP contribution in [0.1, 0.15) is 51.7 Å². The Kier molecular flexibility index (Phi) is 9.12. The van der Waals surface area contributed by atoms with Crippen LogP contribution >= 0.6 is 0 Å². The Hall–Kier alpha value is -2.60. The molecule has 164 valence electrons. The second-order valence-corrected chi connectivity index (χ2v) is 7.68. The number of carboxylic acid groups (broad SMARTS) is 1. The van der Waals surface area contributed by atoms with E-state index in [-0.39, 0.29) is 12.7 Å². The second kappa shape index (κ2) is 11.6. The summed E-state index contributed by atoms with van der Waals surface area (Å²) in [5.41, 5.74) is 7.36. The minimum Gasteiger partial charge on any atom is -0.486 e. The van der Waals surface area contributed by atoms with Gasteiger partial charge in [-0.15, -0.1) is 0 Å². The van der Waals surface area contributed by atoms with Crippen LogP contribution in [-0.4, -0.2) is 43.2 Å². The van der Waals surface area contributed by atoms with E-state index in [9.17, 15) is 4.79 Å². The predicted molar refractivity (Wildman–Crippen MR) is 118 cm³/mol. The average Bonchev–Trinajstić information content (AvgIpc) is 2.69. The number of benzene rings is 1. The van der Waals surface area contributed by atoms with Crippen LogP contribution in [0, 0.1) is 6.92 Å². The molecule has 0 fully saturated rings. The fraction of sp³-hybridized carbons (Fsp3) is 0.500. The van der Waals surface area contributed by atoms with Crippen LogP contribution in [0.2, 0.25) is 0 Å². The van der Waals surface area contributed by atoms with E-state index in [1.54, 1.807) is 0 Å². The maximum absolute atomic E-state index is 10.6. The molecule has 1 aliphatic rings. The van der Waals surface area contributed by atoms with Crippen molar-refractivity contribution in [3.63, 3.8) is 0 Å². The number of carboxylic acids is 1. The van der Waals surface area contributed by atoms with Crippen molar-refractivity contribution in [3.8, 4) is 5.75 Å². The normalized spacial score (nSPS) is 15.6. The Morgan fingerprint density at radius 3 is 2.63 bits per heavy atom. The summed E-state index contributed by atoms with van der Waals surface area (Å²) in [4.78, 5) is 15.8. The molecule has 6 heteroatoms. The van der Waals surface area contributed by atoms with Crippen LogP contribution in [0.15, 0.2) is 45.6 Å². The number of allylic oxidation sites excluding steroid dienone is 2. The highest BCUT2D eigenvalue weighted by Crippen LogP contribution is 2.33. The molecule has 1 aromatic carbocycles. The number of hydrogen-bond acceptors (Lipinski definition) is 5. The lowest BCUT2D eigenvalue weighted by Gasteiger charge is -2.27. The van der Waals surface area contributed by atoms with Crippen molar-refractivity contribution in [1.29, 1.82) is 0 Å². The highest BCUT2D eigenvalue weighted by Gasteiger charge is 2.22. The molecule has 30 heavy (non-hydrogen) atoms. The van der Waals surface area contributed by atoms with Gasteiger partial charge in [0.1, 0.15) is 18.5 Å². The van der Waals surface area contributed by atoms with Gasteiger partial charge in [-0.1, -0.05) is 22.4 Å². The van der Waals surface area contributed by atoms with Crippen molar-refractivity contribution in [2.75, 3.05) is 19.8 Å². The minimum absolute atomic E-state index is 0.122. The summed E-state index contributed by atoms with van der Waals surface area (Å²) >= 11 is 0. The van der Waals surface area contributed by atoms with E-state index in [0.717, 1.165) is 50.0 Å². The molecule has 0 saturated heterocycles. The Morgan fingerprint density at radius 2 is 1.97 bits per heavy atom. The van der Waals surface area contributed by atoms with Crippen molar-refractivity contribution < 1.29 is 24.2 Å². The quantitative estimate of drug-likeness (QED) is 0.242. The molecule has 1 unspecified atom stereocenters. The van der Waals surface area contributed by atoms with Crippen molar-refractivity contribution in [1.82, 2.24) is 0 Å². The van der Waals surface area contributed by atoms with Crippen molar-refractivity contribution >= 4 is 12.2 Å². The lowest BCUT2D eigenvalue weighted by Crippen LogP contribution is -2.21.